The van der Waals surface area contributed by atoms with Gasteiger partial charge in [0.05, 0.1) is 13.2 Å². The van der Waals surface area contributed by atoms with Crippen molar-refractivity contribution in [2.24, 2.45) is 0 Å². The molecule has 0 N–H and O–H groups in total. The van der Waals surface area contributed by atoms with Gasteiger partial charge in [0.15, 0.2) is 0 Å². The van der Waals surface area contributed by atoms with E-state index in [-0.39, 0.29) is 11.8 Å². The highest BCUT2D eigenvalue weighted by Crippen LogP contribution is 2.40. The minimum Gasteiger partial charge on any atom is -0.466 e. The molecule has 10 heteroatoms. The molecule has 0 amide bonds. The van der Waals surface area contributed by atoms with E-state index in [4.69, 9.17) is 0 Å². The number of aryl methyl sites for hydroxylation is 1. The average Bonchev–Trinajstić information content (AvgIpc) is 2.90. The zero-order valence-electron chi connectivity index (χ0n) is 20.7. The highest BCUT2D eigenvalue weighted by molar-refractivity contribution is 7.88. The van der Waals surface area contributed by atoms with Crippen LogP contribution in [-0.2, 0) is 32.5 Å². The van der Waals surface area contributed by atoms with Gasteiger partial charge in [0.25, 0.3) is 0 Å². The summed E-state index contributed by atoms with van der Waals surface area (Å²) in [6.45, 7) is 2.62. The second-order valence-corrected chi connectivity index (χ2v) is 10.3. The quantitative estimate of drug-likeness (QED) is 0.161. The first-order valence-corrected chi connectivity index (χ1v) is 13.3. The third-order valence-electron chi connectivity index (χ3n) is 6.37. The van der Waals surface area contributed by atoms with Gasteiger partial charge in [-0.2, -0.15) is 21.6 Å². The van der Waals surface area contributed by atoms with Crippen LogP contribution in [0.3, 0.4) is 0 Å². The molecule has 0 saturated heterocycles. The van der Waals surface area contributed by atoms with Crippen molar-refractivity contribution >= 4 is 27.9 Å². The van der Waals surface area contributed by atoms with Crippen molar-refractivity contribution in [2.45, 2.75) is 31.3 Å². The number of ether oxygens (including phenoxy) is 1. The molecule has 1 aliphatic rings. The number of halogens is 3. The van der Waals surface area contributed by atoms with Crippen LogP contribution < -0.4 is 9.08 Å². The largest absolute Gasteiger partial charge is 0.534 e. The summed E-state index contributed by atoms with van der Waals surface area (Å²) in [4.78, 5) is 13.6. The van der Waals surface area contributed by atoms with Crippen molar-refractivity contribution in [3.05, 3.63) is 101 Å². The van der Waals surface area contributed by atoms with Crippen LogP contribution in [0.5, 0.6) is 5.75 Å². The number of hydrogen-bond donors (Lipinski definition) is 0. The third-order valence-corrected chi connectivity index (χ3v) is 7.35. The molecule has 4 rings (SSSR count). The summed E-state index contributed by atoms with van der Waals surface area (Å²) in [7, 11) is -4.47. The molecular weight excluding hydrogens is 519 g/mol. The number of carbonyl (C=O) groups is 1. The maximum absolute atomic E-state index is 12.8. The van der Waals surface area contributed by atoms with Gasteiger partial charge in [0, 0.05) is 18.3 Å². The van der Waals surface area contributed by atoms with Gasteiger partial charge >= 0.3 is 21.6 Å². The fourth-order valence-corrected chi connectivity index (χ4v) is 4.86. The van der Waals surface area contributed by atoms with Crippen LogP contribution in [0, 0.1) is 0 Å². The molecule has 0 saturated carbocycles. The summed E-state index contributed by atoms with van der Waals surface area (Å²) in [5.74, 6) is -0.855. The van der Waals surface area contributed by atoms with E-state index in [0.29, 0.717) is 18.5 Å². The summed E-state index contributed by atoms with van der Waals surface area (Å²) in [6.07, 6.45) is 4.33. The molecule has 1 unspecified atom stereocenters. The number of alkyl halides is 3. The maximum Gasteiger partial charge on any atom is 0.534 e. The lowest BCUT2D eigenvalue weighted by atomic mass is 9.87. The monoisotopic (exact) mass is 545 g/mol. The number of rotatable bonds is 7. The van der Waals surface area contributed by atoms with E-state index in [2.05, 4.69) is 32.9 Å². The predicted octanol–water partition coefficient (Wildman–Crippen LogP) is 5.82. The molecule has 3 aromatic rings. The van der Waals surface area contributed by atoms with Gasteiger partial charge in [-0.15, -0.1) is 0 Å². The SMILES string of the molecule is CCc1ccc(N2CCc3cc(OS(=O)(=O)C(F)(F)F)ccc3C2c2ccc(/C=C/C(=O)OC)cc2)cc1. The highest BCUT2D eigenvalue weighted by Gasteiger charge is 2.48. The second kappa shape index (κ2) is 10.9. The van der Waals surface area contributed by atoms with Crippen LogP contribution in [0.4, 0.5) is 18.9 Å². The summed E-state index contributed by atoms with van der Waals surface area (Å²) in [6, 6.07) is 19.7. The Hall–Kier alpha value is -3.79. The van der Waals surface area contributed by atoms with E-state index in [1.807, 2.05) is 36.4 Å². The number of fused-ring (bicyclic) bond motifs is 1. The Kier molecular flexibility index (Phi) is 7.82. The first-order valence-electron chi connectivity index (χ1n) is 11.9. The Labute approximate surface area is 219 Å². The minimum atomic E-state index is -5.77. The molecule has 3 aromatic carbocycles. The van der Waals surface area contributed by atoms with Gasteiger partial charge in [-0.05, 0) is 71.0 Å². The van der Waals surface area contributed by atoms with Gasteiger partial charge in [-0.1, -0.05) is 49.4 Å². The van der Waals surface area contributed by atoms with Gasteiger partial charge in [0.2, 0.25) is 0 Å². The van der Waals surface area contributed by atoms with Crippen LogP contribution in [0.25, 0.3) is 6.08 Å². The Balaban J connectivity index is 1.73. The van der Waals surface area contributed by atoms with Crippen LogP contribution in [-0.4, -0.2) is 33.5 Å². The van der Waals surface area contributed by atoms with E-state index in [9.17, 15) is 26.4 Å². The molecule has 1 aliphatic heterocycles. The molecule has 38 heavy (non-hydrogen) atoms. The number of esters is 1. The minimum absolute atomic E-state index is 0.293. The van der Waals surface area contributed by atoms with Crippen molar-refractivity contribution in [2.75, 3.05) is 18.6 Å². The zero-order valence-corrected chi connectivity index (χ0v) is 21.6. The van der Waals surface area contributed by atoms with Gasteiger partial charge in [-0.3, -0.25) is 0 Å². The summed E-state index contributed by atoms with van der Waals surface area (Å²) < 4.78 is 70.5. The average molecular weight is 546 g/mol. The molecule has 0 bridgehead atoms. The van der Waals surface area contributed by atoms with Crippen LogP contribution in [0.2, 0.25) is 0 Å². The first kappa shape index (κ1) is 27.3. The lowest BCUT2D eigenvalue weighted by Gasteiger charge is -2.39. The molecule has 0 aliphatic carbocycles. The molecule has 1 heterocycles. The van der Waals surface area contributed by atoms with Crippen molar-refractivity contribution in [1.82, 2.24) is 0 Å². The van der Waals surface area contributed by atoms with E-state index in [1.165, 1.54) is 30.9 Å². The van der Waals surface area contributed by atoms with E-state index < -0.39 is 21.6 Å². The number of anilines is 1. The van der Waals surface area contributed by atoms with Crippen LogP contribution >= 0.6 is 0 Å². The molecule has 0 fully saturated rings. The smallest absolute Gasteiger partial charge is 0.466 e. The summed E-state index contributed by atoms with van der Waals surface area (Å²) in [5.41, 5.74) is -0.125. The normalized spacial score (nSPS) is 15.8. The van der Waals surface area contributed by atoms with Crippen LogP contribution in [0.15, 0.2) is 72.8 Å². The fraction of sp³-hybridized carbons (Fsp3) is 0.250. The van der Waals surface area contributed by atoms with Crippen LogP contribution in [0.1, 0.15) is 40.8 Å². The topological polar surface area (TPSA) is 72.9 Å². The van der Waals surface area contributed by atoms with Crippen molar-refractivity contribution < 1.29 is 35.3 Å². The number of benzene rings is 3. The number of hydrogen-bond acceptors (Lipinski definition) is 6. The third kappa shape index (κ3) is 5.85. The van der Waals surface area contributed by atoms with Crippen molar-refractivity contribution in [1.29, 1.82) is 0 Å². The Morgan fingerprint density at radius 1 is 1.05 bits per heavy atom. The van der Waals surface area contributed by atoms with Gasteiger partial charge in [-0.25, -0.2) is 4.79 Å². The number of nitrogens with zero attached hydrogens (tertiary/aromatic N) is 1. The molecule has 200 valence electrons. The Bertz CT molecular complexity index is 1430. The molecule has 0 aromatic heterocycles. The lowest BCUT2D eigenvalue weighted by molar-refractivity contribution is -0.134. The molecule has 0 spiro atoms. The van der Waals surface area contributed by atoms with E-state index in [0.717, 1.165) is 28.8 Å². The lowest BCUT2D eigenvalue weighted by Crippen LogP contribution is -2.36. The standard InChI is InChI=1S/C28H26F3NO5S/c1-3-19-6-11-23(12-7-19)32-17-16-22-18-24(37-38(34,35)28(29,30)31)13-14-25(22)27(32)21-9-4-20(5-10-21)8-15-26(33)36-2/h4-15,18,27H,3,16-17H2,1-2H3/b15-8+. The molecular formula is C28H26F3NO5S. The maximum atomic E-state index is 12.8. The molecule has 1 atom stereocenters. The number of carbonyl (C=O) groups excluding carboxylic acids is 1. The zero-order chi connectivity index (χ0) is 27.5. The van der Waals surface area contributed by atoms with Crippen molar-refractivity contribution in [3.63, 3.8) is 0 Å². The fourth-order valence-electron chi connectivity index (χ4n) is 4.41. The molecule has 0 radical (unpaired) electrons. The molecule has 6 nitrogen and oxygen atoms in total. The Morgan fingerprint density at radius 3 is 2.34 bits per heavy atom. The van der Waals surface area contributed by atoms with E-state index in [1.54, 1.807) is 12.1 Å². The second-order valence-electron chi connectivity index (χ2n) is 8.73. The van der Waals surface area contributed by atoms with E-state index >= 15 is 0 Å². The summed E-state index contributed by atoms with van der Waals surface area (Å²) >= 11 is 0. The van der Waals surface area contributed by atoms with Crippen molar-refractivity contribution in [3.8, 4) is 5.75 Å². The Morgan fingerprint density at radius 2 is 1.74 bits per heavy atom. The van der Waals surface area contributed by atoms with Gasteiger partial charge in [0.1, 0.15) is 5.75 Å². The predicted molar refractivity (Wildman–Crippen MR) is 138 cm³/mol. The summed E-state index contributed by atoms with van der Waals surface area (Å²) in [5, 5.41) is 0. The van der Waals surface area contributed by atoms with Gasteiger partial charge < -0.3 is 13.8 Å². The first-order chi connectivity index (χ1) is 18.0. The highest BCUT2D eigenvalue weighted by atomic mass is 32.2. The number of methoxy groups -OCH3 is 1.